The molecule has 0 bridgehead atoms. The van der Waals surface area contributed by atoms with Crippen molar-refractivity contribution in [2.75, 3.05) is 39.3 Å². The molecular formula is C27H28N3O6+. The molecule has 9 nitrogen and oxygen atoms in total. The number of allylic oxidation sites excluding steroid dienone is 3. The normalized spacial score (nSPS) is 16.6. The van der Waals surface area contributed by atoms with E-state index in [1.165, 1.54) is 11.7 Å². The van der Waals surface area contributed by atoms with Gasteiger partial charge in [0.2, 0.25) is 0 Å². The maximum atomic E-state index is 13.4. The molecule has 1 aliphatic heterocycles. The summed E-state index contributed by atoms with van der Waals surface area (Å²) in [5, 5.41) is 2.86. The lowest BCUT2D eigenvalue weighted by molar-refractivity contribution is -0.417. The molecule has 4 rings (SSSR count). The van der Waals surface area contributed by atoms with Crippen molar-refractivity contribution in [1.29, 1.82) is 0 Å². The number of urea groups is 1. The molecule has 0 saturated heterocycles. The summed E-state index contributed by atoms with van der Waals surface area (Å²) in [6.45, 7) is 0.153. The summed E-state index contributed by atoms with van der Waals surface area (Å²) in [5.74, 6) is 0.491. The first-order valence-corrected chi connectivity index (χ1v) is 11.5. The summed E-state index contributed by atoms with van der Waals surface area (Å²) < 4.78 is 17.1. The topological polar surface area (TPSA) is 97.2 Å². The molecule has 0 aromatic heterocycles. The fraction of sp³-hybridized carbons (Fsp3) is 0.259. The van der Waals surface area contributed by atoms with Crippen LogP contribution in [0.15, 0.2) is 66.8 Å². The fourth-order valence-corrected chi connectivity index (χ4v) is 4.17. The van der Waals surface area contributed by atoms with E-state index < -0.39 is 11.9 Å². The molecule has 1 aliphatic carbocycles. The van der Waals surface area contributed by atoms with Gasteiger partial charge in [0.05, 0.1) is 21.3 Å². The molecule has 0 spiro atoms. The van der Waals surface area contributed by atoms with Crippen molar-refractivity contribution in [1.82, 2.24) is 5.32 Å². The Morgan fingerprint density at radius 2 is 1.72 bits per heavy atom. The summed E-state index contributed by atoms with van der Waals surface area (Å²) in [6, 6.07) is 11.6. The van der Waals surface area contributed by atoms with Crippen LogP contribution in [0.5, 0.6) is 17.2 Å². The summed E-state index contributed by atoms with van der Waals surface area (Å²) in [6.07, 6.45) is 7.50. The van der Waals surface area contributed by atoms with Crippen LogP contribution in [0.1, 0.15) is 5.56 Å². The Bertz CT molecular complexity index is 1260. The van der Waals surface area contributed by atoms with Gasteiger partial charge in [0.25, 0.3) is 5.91 Å². The number of rotatable bonds is 9. The molecule has 4 amide bonds. The highest BCUT2D eigenvalue weighted by Crippen LogP contribution is 2.28. The van der Waals surface area contributed by atoms with Crippen molar-refractivity contribution in [2.45, 2.75) is 6.42 Å². The van der Waals surface area contributed by atoms with E-state index in [1.807, 2.05) is 18.2 Å². The van der Waals surface area contributed by atoms with Crippen LogP contribution in [0.25, 0.3) is 0 Å². The predicted octanol–water partition coefficient (Wildman–Crippen LogP) is 2.73. The first-order chi connectivity index (χ1) is 17.5. The molecule has 2 aromatic carbocycles. The third-order valence-electron chi connectivity index (χ3n) is 6.04. The van der Waals surface area contributed by atoms with E-state index in [2.05, 4.69) is 5.32 Å². The number of hydrogen-bond acceptors (Lipinski definition) is 6. The zero-order valence-electron chi connectivity index (χ0n) is 20.4. The van der Waals surface area contributed by atoms with E-state index in [1.54, 1.807) is 62.8 Å². The number of fused-ring (bicyclic) bond motifs is 1. The maximum Gasteiger partial charge on any atom is 0.506 e. The van der Waals surface area contributed by atoms with E-state index in [0.29, 0.717) is 41.6 Å². The minimum Gasteiger partial charge on any atom is -0.497 e. The van der Waals surface area contributed by atoms with Crippen molar-refractivity contribution in [3.05, 3.63) is 72.3 Å². The van der Waals surface area contributed by atoms with Crippen molar-refractivity contribution < 1.29 is 33.2 Å². The van der Waals surface area contributed by atoms with Crippen molar-refractivity contribution in [2.24, 2.45) is 5.92 Å². The van der Waals surface area contributed by atoms with Gasteiger partial charge in [-0.05, 0) is 54.5 Å². The van der Waals surface area contributed by atoms with Crippen LogP contribution in [-0.2, 0) is 16.0 Å². The average Bonchev–Trinajstić information content (AvgIpc) is 2.91. The quantitative estimate of drug-likeness (QED) is 0.543. The van der Waals surface area contributed by atoms with Gasteiger partial charge in [-0.3, -0.25) is 4.79 Å². The summed E-state index contributed by atoms with van der Waals surface area (Å²) >= 11 is 0. The molecule has 0 saturated carbocycles. The lowest BCUT2D eigenvalue weighted by atomic mass is 9.94. The largest absolute Gasteiger partial charge is 0.506 e. The number of carbonyl (C=O) groups excluding carboxylic acids is 3. The summed E-state index contributed by atoms with van der Waals surface area (Å²) in [7, 11) is 4.68. The number of carbonyl (C=O) groups is 3. The molecule has 1 atom stereocenters. The fourth-order valence-electron chi connectivity index (χ4n) is 4.17. The molecule has 36 heavy (non-hydrogen) atoms. The molecule has 2 aromatic rings. The number of nitrogens with one attached hydrogen (secondary N) is 1. The number of hydrogen-bond donors (Lipinski definition) is 1. The molecular weight excluding hydrogens is 462 g/mol. The molecule has 1 unspecified atom stereocenters. The minimum absolute atomic E-state index is 0.214. The number of methoxy groups -OCH3 is 3. The van der Waals surface area contributed by atoms with Gasteiger partial charge in [-0.25, -0.2) is 4.79 Å². The second kappa shape index (κ2) is 10.9. The van der Waals surface area contributed by atoms with Crippen LogP contribution in [0, 0.1) is 5.92 Å². The van der Waals surface area contributed by atoms with Crippen LogP contribution in [0.3, 0.4) is 0 Å². The van der Waals surface area contributed by atoms with Gasteiger partial charge >= 0.3 is 11.9 Å². The SMILES string of the molecule is COc1ccc(N2C(=O)C3C=CC=CC3=[N+](CC(=O)NCCc3ccc(OC)c(OC)c3)C2=O)cc1. The molecule has 9 heteroatoms. The van der Waals surface area contributed by atoms with Crippen LogP contribution in [0.4, 0.5) is 10.5 Å². The zero-order chi connectivity index (χ0) is 25.7. The first kappa shape index (κ1) is 24.7. The average molecular weight is 491 g/mol. The number of anilines is 1. The zero-order valence-corrected chi connectivity index (χ0v) is 20.4. The van der Waals surface area contributed by atoms with E-state index in [0.717, 1.165) is 10.5 Å². The van der Waals surface area contributed by atoms with E-state index in [4.69, 9.17) is 14.2 Å². The lowest BCUT2D eigenvalue weighted by Crippen LogP contribution is -2.56. The standard InChI is InChI=1S/C27H27N3O6/c1-34-20-11-9-19(10-12-20)30-26(32)21-6-4-5-7-22(21)29(27(30)33)17-25(31)28-15-14-18-8-13-23(35-2)24(16-18)36-3/h4-13,16,21H,14-15,17H2,1-3H3/p+1. The Morgan fingerprint density at radius 3 is 2.42 bits per heavy atom. The molecule has 2 aliphatic rings. The molecule has 0 fully saturated rings. The number of imide groups is 1. The van der Waals surface area contributed by atoms with Gasteiger partial charge < -0.3 is 19.5 Å². The number of amides is 4. The highest BCUT2D eigenvalue weighted by atomic mass is 16.5. The van der Waals surface area contributed by atoms with Crippen molar-refractivity contribution >= 4 is 29.2 Å². The van der Waals surface area contributed by atoms with E-state index >= 15 is 0 Å². The Morgan fingerprint density at radius 1 is 0.972 bits per heavy atom. The Hall–Kier alpha value is -4.40. The van der Waals surface area contributed by atoms with Gasteiger partial charge in [-0.1, -0.05) is 24.3 Å². The summed E-state index contributed by atoms with van der Waals surface area (Å²) in [4.78, 5) is 40.6. The van der Waals surface area contributed by atoms with E-state index in [9.17, 15) is 14.4 Å². The van der Waals surface area contributed by atoms with Gasteiger partial charge in [0.15, 0.2) is 18.0 Å². The van der Waals surface area contributed by atoms with Gasteiger partial charge in [-0.2, -0.15) is 9.37 Å². The van der Waals surface area contributed by atoms with Gasteiger partial charge in [0.1, 0.15) is 23.1 Å². The van der Waals surface area contributed by atoms with Crippen molar-refractivity contribution in [3.8, 4) is 17.2 Å². The lowest BCUT2D eigenvalue weighted by Gasteiger charge is -2.26. The van der Waals surface area contributed by atoms with Gasteiger partial charge in [-0.15, -0.1) is 4.90 Å². The second-order valence-corrected chi connectivity index (χ2v) is 8.18. The van der Waals surface area contributed by atoms with Crippen LogP contribution < -0.4 is 24.4 Å². The smallest absolute Gasteiger partial charge is 0.497 e. The van der Waals surface area contributed by atoms with E-state index in [-0.39, 0.29) is 18.4 Å². The molecule has 0 radical (unpaired) electrons. The van der Waals surface area contributed by atoms with Crippen LogP contribution in [-0.4, -0.2) is 62.6 Å². The third-order valence-corrected chi connectivity index (χ3v) is 6.04. The first-order valence-electron chi connectivity index (χ1n) is 11.5. The predicted molar refractivity (Wildman–Crippen MR) is 134 cm³/mol. The minimum atomic E-state index is -0.658. The monoisotopic (exact) mass is 490 g/mol. The van der Waals surface area contributed by atoms with Crippen molar-refractivity contribution in [3.63, 3.8) is 0 Å². The number of nitrogens with zero attached hydrogens (tertiary/aromatic N) is 2. The van der Waals surface area contributed by atoms with Gasteiger partial charge in [0, 0.05) is 6.54 Å². The number of benzene rings is 2. The molecule has 1 N–H and O–H groups in total. The number of ether oxygens (including phenoxy) is 3. The highest BCUT2D eigenvalue weighted by molar-refractivity contribution is 6.26. The Kier molecular flexibility index (Phi) is 7.48. The van der Waals surface area contributed by atoms with Crippen LogP contribution in [0.2, 0.25) is 0 Å². The Labute approximate surface area is 209 Å². The maximum absolute atomic E-state index is 13.4. The molecule has 186 valence electrons. The second-order valence-electron chi connectivity index (χ2n) is 8.18. The Balaban J connectivity index is 1.49. The summed E-state index contributed by atoms with van der Waals surface area (Å²) in [5.41, 5.74) is 1.85. The van der Waals surface area contributed by atoms with Crippen LogP contribution >= 0.6 is 0 Å². The third kappa shape index (κ3) is 5.00. The highest BCUT2D eigenvalue weighted by Gasteiger charge is 2.48. The molecule has 1 heterocycles.